The normalized spacial score (nSPS) is 9.70. The van der Waals surface area contributed by atoms with Crippen molar-refractivity contribution >= 4 is 33.7 Å². The molecule has 2 amide bonds. The lowest BCUT2D eigenvalue weighted by molar-refractivity contribution is -0.148. The third-order valence-electron chi connectivity index (χ3n) is 2.25. The molecule has 0 saturated carbocycles. The zero-order valence-corrected chi connectivity index (χ0v) is 12.5. The molecular formula is C13H15BrN2O4. The highest BCUT2D eigenvalue weighted by Crippen LogP contribution is 2.14. The Kier molecular flexibility index (Phi) is 6.72. The van der Waals surface area contributed by atoms with Gasteiger partial charge >= 0.3 is 5.97 Å². The SMILES string of the molecule is CCCC(=O)OCC(=O)NNC(=O)c1ccccc1Br. The second-order valence-electron chi connectivity index (χ2n) is 3.89. The highest BCUT2D eigenvalue weighted by molar-refractivity contribution is 9.10. The minimum atomic E-state index is -0.602. The van der Waals surface area contributed by atoms with Crippen LogP contribution in [0.15, 0.2) is 28.7 Å². The number of hydrogen-bond donors (Lipinski definition) is 2. The van der Waals surface area contributed by atoms with E-state index in [1.807, 2.05) is 6.92 Å². The molecule has 1 aromatic carbocycles. The molecular weight excluding hydrogens is 328 g/mol. The van der Waals surface area contributed by atoms with Crippen LogP contribution in [0.3, 0.4) is 0 Å². The Morgan fingerprint density at radius 3 is 2.55 bits per heavy atom. The average Bonchev–Trinajstić information content (AvgIpc) is 2.43. The van der Waals surface area contributed by atoms with Gasteiger partial charge in [0.2, 0.25) is 0 Å². The standard InChI is InChI=1S/C13H15BrN2O4/c1-2-5-12(18)20-8-11(17)15-16-13(19)9-6-3-4-7-10(9)14/h3-4,6-7H,2,5,8H2,1H3,(H,15,17)(H,16,19). The van der Waals surface area contributed by atoms with Gasteiger partial charge in [-0.15, -0.1) is 0 Å². The number of nitrogens with one attached hydrogen (secondary N) is 2. The molecule has 20 heavy (non-hydrogen) atoms. The summed E-state index contributed by atoms with van der Waals surface area (Å²) in [7, 11) is 0. The molecule has 0 aliphatic carbocycles. The fraction of sp³-hybridized carbons (Fsp3) is 0.308. The molecule has 0 fully saturated rings. The van der Waals surface area contributed by atoms with Gasteiger partial charge in [-0.1, -0.05) is 19.1 Å². The smallest absolute Gasteiger partial charge is 0.306 e. The van der Waals surface area contributed by atoms with Crippen molar-refractivity contribution in [2.45, 2.75) is 19.8 Å². The zero-order valence-electron chi connectivity index (χ0n) is 10.9. The van der Waals surface area contributed by atoms with Gasteiger partial charge in [0.15, 0.2) is 6.61 Å². The number of esters is 1. The average molecular weight is 343 g/mol. The lowest BCUT2D eigenvalue weighted by Crippen LogP contribution is -2.43. The molecule has 0 bridgehead atoms. The van der Waals surface area contributed by atoms with E-state index < -0.39 is 24.4 Å². The van der Waals surface area contributed by atoms with E-state index in [0.29, 0.717) is 16.5 Å². The van der Waals surface area contributed by atoms with Crippen molar-refractivity contribution in [3.05, 3.63) is 34.3 Å². The largest absolute Gasteiger partial charge is 0.455 e. The van der Waals surface area contributed by atoms with Crippen LogP contribution in [-0.4, -0.2) is 24.4 Å². The summed E-state index contributed by atoms with van der Waals surface area (Å²) in [5.74, 6) is -1.51. The fourth-order valence-corrected chi connectivity index (χ4v) is 1.76. The lowest BCUT2D eigenvalue weighted by atomic mass is 10.2. The Balaban J connectivity index is 2.36. The number of benzene rings is 1. The van der Waals surface area contributed by atoms with E-state index in [0.717, 1.165) is 0 Å². The highest BCUT2D eigenvalue weighted by atomic mass is 79.9. The second-order valence-corrected chi connectivity index (χ2v) is 4.75. The third-order valence-corrected chi connectivity index (χ3v) is 2.94. The number of amides is 2. The van der Waals surface area contributed by atoms with Crippen molar-refractivity contribution in [1.29, 1.82) is 0 Å². The summed E-state index contributed by atoms with van der Waals surface area (Å²) in [5, 5.41) is 0. The molecule has 0 unspecified atom stereocenters. The van der Waals surface area contributed by atoms with Crippen molar-refractivity contribution in [3.8, 4) is 0 Å². The summed E-state index contributed by atoms with van der Waals surface area (Å²) in [6, 6.07) is 6.79. The molecule has 108 valence electrons. The first-order chi connectivity index (χ1) is 9.54. The van der Waals surface area contributed by atoms with E-state index >= 15 is 0 Å². The van der Waals surface area contributed by atoms with E-state index in [-0.39, 0.29) is 6.42 Å². The van der Waals surface area contributed by atoms with E-state index in [2.05, 4.69) is 26.8 Å². The molecule has 0 radical (unpaired) electrons. The van der Waals surface area contributed by atoms with Gasteiger partial charge in [0.25, 0.3) is 11.8 Å². The van der Waals surface area contributed by atoms with Crippen LogP contribution in [0.5, 0.6) is 0 Å². The third kappa shape index (κ3) is 5.40. The first-order valence-electron chi connectivity index (χ1n) is 6.04. The summed E-state index contributed by atoms with van der Waals surface area (Å²) >= 11 is 3.23. The van der Waals surface area contributed by atoms with Crippen molar-refractivity contribution < 1.29 is 19.1 Å². The number of hydrogen-bond acceptors (Lipinski definition) is 4. The van der Waals surface area contributed by atoms with Gasteiger partial charge < -0.3 is 4.74 Å². The van der Waals surface area contributed by atoms with Crippen LogP contribution in [0.1, 0.15) is 30.1 Å². The van der Waals surface area contributed by atoms with Gasteiger partial charge in [-0.05, 0) is 34.5 Å². The van der Waals surface area contributed by atoms with E-state index in [1.165, 1.54) is 0 Å². The Labute approximate surface area is 125 Å². The molecule has 0 aliphatic rings. The Hall–Kier alpha value is -1.89. The molecule has 0 saturated heterocycles. The molecule has 1 rings (SSSR count). The number of hydrazine groups is 1. The Morgan fingerprint density at radius 2 is 1.90 bits per heavy atom. The first kappa shape index (κ1) is 16.2. The van der Waals surface area contributed by atoms with Crippen LogP contribution in [0, 0.1) is 0 Å². The van der Waals surface area contributed by atoms with Crippen LogP contribution in [-0.2, 0) is 14.3 Å². The summed E-state index contributed by atoms with van der Waals surface area (Å²) < 4.78 is 5.31. The van der Waals surface area contributed by atoms with Gasteiger partial charge in [-0.2, -0.15) is 0 Å². The number of rotatable bonds is 5. The summed E-state index contributed by atoms with van der Waals surface area (Å²) in [6.07, 6.45) is 0.913. The number of halogens is 1. The quantitative estimate of drug-likeness (QED) is 0.628. The van der Waals surface area contributed by atoms with Crippen LogP contribution in [0.4, 0.5) is 0 Å². The van der Waals surface area contributed by atoms with Gasteiger partial charge in [0.05, 0.1) is 5.56 Å². The molecule has 0 spiro atoms. The monoisotopic (exact) mass is 342 g/mol. The molecule has 2 N–H and O–H groups in total. The van der Waals surface area contributed by atoms with E-state index in [9.17, 15) is 14.4 Å². The van der Waals surface area contributed by atoms with Gasteiger partial charge in [-0.25, -0.2) is 0 Å². The predicted octanol–water partition coefficient (Wildman–Crippen LogP) is 1.55. The Bertz CT molecular complexity index is 505. The number of carbonyl (C=O) groups excluding carboxylic acids is 3. The molecule has 0 atom stereocenters. The van der Waals surface area contributed by atoms with Crippen molar-refractivity contribution in [2.75, 3.05) is 6.61 Å². The lowest BCUT2D eigenvalue weighted by Gasteiger charge is -2.08. The van der Waals surface area contributed by atoms with Crippen molar-refractivity contribution in [3.63, 3.8) is 0 Å². The molecule has 0 aromatic heterocycles. The number of carbonyl (C=O) groups is 3. The number of ether oxygens (including phenoxy) is 1. The molecule has 6 nitrogen and oxygen atoms in total. The molecule has 0 heterocycles. The maximum Gasteiger partial charge on any atom is 0.306 e. The maximum absolute atomic E-state index is 11.7. The predicted molar refractivity (Wildman–Crippen MR) is 75.6 cm³/mol. The van der Waals surface area contributed by atoms with Crippen LogP contribution >= 0.6 is 15.9 Å². The minimum absolute atomic E-state index is 0.261. The van der Waals surface area contributed by atoms with Crippen LogP contribution in [0.25, 0.3) is 0 Å². The van der Waals surface area contributed by atoms with Gasteiger partial charge in [0, 0.05) is 10.9 Å². The molecule has 0 aliphatic heterocycles. The van der Waals surface area contributed by atoms with Crippen LogP contribution < -0.4 is 10.9 Å². The van der Waals surface area contributed by atoms with Crippen LogP contribution in [0.2, 0.25) is 0 Å². The zero-order chi connectivity index (χ0) is 15.0. The Morgan fingerprint density at radius 1 is 1.20 bits per heavy atom. The summed E-state index contributed by atoms with van der Waals surface area (Å²) in [5.41, 5.74) is 4.79. The maximum atomic E-state index is 11.7. The van der Waals surface area contributed by atoms with Gasteiger partial charge in [0.1, 0.15) is 0 Å². The second kappa shape index (κ2) is 8.31. The fourth-order valence-electron chi connectivity index (χ4n) is 1.30. The minimum Gasteiger partial charge on any atom is -0.455 e. The highest BCUT2D eigenvalue weighted by Gasteiger charge is 2.11. The van der Waals surface area contributed by atoms with Gasteiger partial charge in [-0.3, -0.25) is 25.2 Å². The van der Waals surface area contributed by atoms with Crippen molar-refractivity contribution in [2.24, 2.45) is 0 Å². The van der Waals surface area contributed by atoms with Crippen molar-refractivity contribution in [1.82, 2.24) is 10.9 Å². The topological polar surface area (TPSA) is 84.5 Å². The van der Waals surface area contributed by atoms with E-state index in [4.69, 9.17) is 4.74 Å². The molecule has 7 heteroatoms. The van der Waals surface area contributed by atoms with E-state index in [1.54, 1.807) is 24.3 Å². The first-order valence-corrected chi connectivity index (χ1v) is 6.83. The molecule has 1 aromatic rings. The summed E-state index contributed by atoms with van der Waals surface area (Å²) in [6.45, 7) is 1.41. The summed E-state index contributed by atoms with van der Waals surface area (Å²) in [4.78, 5) is 34.2.